The second-order valence-corrected chi connectivity index (χ2v) is 9.03. The van der Waals surface area contributed by atoms with Gasteiger partial charge in [0.15, 0.2) is 0 Å². The number of halogens is 1. The summed E-state index contributed by atoms with van der Waals surface area (Å²) in [5.41, 5.74) is 0. The fraction of sp³-hybridized carbons (Fsp3) is 0.389. The number of hydrogen-bond acceptors (Lipinski definition) is 3. The molecule has 0 bridgehead atoms. The van der Waals surface area contributed by atoms with Crippen LogP contribution in [0.15, 0.2) is 58.2 Å². The first kappa shape index (κ1) is 19.1. The minimum Gasteiger partial charge on any atom is -0.351 e. The van der Waals surface area contributed by atoms with Gasteiger partial charge in [-0.3, -0.25) is 4.79 Å². The van der Waals surface area contributed by atoms with Crippen LogP contribution in [0.2, 0.25) is 0 Å². The molecule has 0 saturated carbocycles. The average Bonchev–Trinajstić information content (AvgIpc) is 3.16. The lowest BCUT2D eigenvalue weighted by atomic mass is 10.0. The molecule has 1 aliphatic rings. The largest absolute Gasteiger partial charge is 0.351 e. The van der Waals surface area contributed by atoms with Crippen molar-refractivity contribution < 1.29 is 13.2 Å². The lowest BCUT2D eigenvalue weighted by molar-refractivity contribution is -0.132. The van der Waals surface area contributed by atoms with E-state index in [0.717, 1.165) is 12.8 Å². The van der Waals surface area contributed by atoms with Crippen molar-refractivity contribution >= 4 is 31.9 Å². The highest BCUT2D eigenvalue weighted by molar-refractivity contribution is 9.10. The van der Waals surface area contributed by atoms with E-state index in [-0.39, 0.29) is 23.8 Å². The van der Waals surface area contributed by atoms with Crippen molar-refractivity contribution in [3.05, 3.63) is 53.3 Å². The summed E-state index contributed by atoms with van der Waals surface area (Å²) in [6, 6.07) is 10.9. The lowest BCUT2D eigenvalue weighted by Crippen LogP contribution is -2.40. The van der Waals surface area contributed by atoms with Gasteiger partial charge in [0.1, 0.15) is 0 Å². The highest BCUT2D eigenvalue weighted by atomic mass is 79.9. The molecule has 2 aromatic rings. The van der Waals surface area contributed by atoms with Crippen molar-refractivity contribution in [2.75, 3.05) is 19.6 Å². The zero-order valence-electron chi connectivity index (χ0n) is 14.3. The van der Waals surface area contributed by atoms with Gasteiger partial charge in [0.2, 0.25) is 15.9 Å². The first-order chi connectivity index (χ1) is 12.5. The van der Waals surface area contributed by atoms with Gasteiger partial charge in [-0.05, 0) is 43.2 Å². The van der Waals surface area contributed by atoms with Gasteiger partial charge in [0.25, 0.3) is 0 Å². The van der Waals surface area contributed by atoms with E-state index in [4.69, 9.17) is 0 Å². The molecule has 1 aromatic heterocycles. The SMILES string of the molecule is O=C(CCNS(=O)(=O)c1cccc(Br)c1)N1CCC(n2cccc2)CC1. The van der Waals surface area contributed by atoms with Gasteiger partial charge < -0.3 is 9.47 Å². The molecular formula is C18H22BrN3O3S. The molecule has 1 N–H and O–H groups in total. The molecule has 0 atom stereocenters. The van der Waals surface area contributed by atoms with E-state index in [1.807, 2.05) is 17.0 Å². The van der Waals surface area contributed by atoms with Crippen molar-refractivity contribution in [3.63, 3.8) is 0 Å². The number of sulfonamides is 1. The quantitative estimate of drug-likeness (QED) is 0.751. The van der Waals surface area contributed by atoms with Crippen LogP contribution in [0, 0.1) is 0 Å². The molecule has 0 radical (unpaired) electrons. The van der Waals surface area contributed by atoms with Gasteiger partial charge in [-0.15, -0.1) is 0 Å². The number of nitrogens with one attached hydrogen (secondary N) is 1. The predicted molar refractivity (Wildman–Crippen MR) is 103 cm³/mol. The maximum Gasteiger partial charge on any atom is 0.240 e. The minimum absolute atomic E-state index is 0.00658. The molecule has 1 aliphatic heterocycles. The first-order valence-electron chi connectivity index (χ1n) is 8.61. The van der Waals surface area contributed by atoms with Gasteiger partial charge in [0, 0.05) is 49.0 Å². The van der Waals surface area contributed by atoms with Gasteiger partial charge in [-0.25, -0.2) is 13.1 Å². The Hall–Kier alpha value is -1.64. The summed E-state index contributed by atoms with van der Waals surface area (Å²) < 4.78 is 29.9. The number of benzene rings is 1. The molecule has 1 aromatic carbocycles. The first-order valence-corrected chi connectivity index (χ1v) is 10.9. The Labute approximate surface area is 162 Å². The van der Waals surface area contributed by atoms with Gasteiger partial charge in [0.05, 0.1) is 4.90 Å². The van der Waals surface area contributed by atoms with Crippen molar-refractivity contribution in [2.24, 2.45) is 0 Å². The molecule has 1 amide bonds. The summed E-state index contributed by atoms with van der Waals surface area (Å²) in [6.45, 7) is 1.52. The maximum absolute atomic E-state index is 12.3. The van der Waals surface area contributed by atoms with Crippen molar-refractivity contribution in [1.82, 2.24) is 14.2 Å². The van der Waals surface area contributed by atoms with Crippen LogP contribution in [0.4, 0.5) is 0 Å². The summed E-state index contributed by atoms with van der Waals surface area (Å²) in [4.78, 5) is 14.4. The standard InChI is InChI=1S/C18H22BrN3O3S/c19-15-4-3-5-17(14-15)26(24,25)20-9-6-18(23)22-12-7-16(8-13-22)21-10-1-2-11-21/h1-5,10-11,14,16,20H,6-9,12-13H2. The zero-order chi connectivity index (χ0) is 18.6. The van der Waals surface area contributed by atoms with E-state index in [1.165, 1.54) is 12.1 Å². The fourth-order valence-corrected chi connectivity index (χ4v) is 4.80. The molecule has 1 saturated heterocycles. The Morgan fingerprint density at radius 2 is 1.85 bits per heavy atom. The monoisotopic (exact) mass is 439 g/mol. The average molecular weight is 440 g/mol. The van der Waals surface area contributed by atoms with Crippen molar-refractivity contribution in [3.8, 4) is 0 Å². The molecule has 2 heterocycles. The second-order valence-electron chi connectivity index (χ2n) is 6.35. The van der Waals surface area contributed by atoms with Crippen LogP contribution in [0.3, 0.4) is 0 Å². The van der Waals surface area contributed by atoms with Crippen LogP contribution in [-0.4, -0.2) is 43.4 Å². The third kappa shape index (κ3) is 4.75. The van der Waals surface area contributed by atoms with E-state index in [1.54, 1.807) is 12.1 Å². The van der Waals surface area contributed by atoms with Crippen LogP contribution in [0.1, 0.15) is 25.3 Å². The Kier molecular flexibility index (Phi) is 6.16. The number of nitrogens with zero attached hydrogens (tertiary/aromatic N) is 2. The number of aromatic nitrogens is 1. The summed E-state index contributed by atoms with van der Waals surface area (Å²) in [5, 5.41) is 0. The summed E-state index contributed by atoms with van der Waals surface area (Å²) in [5.74, 6) is -0.00658. The van der Waals surface area contributed by atoms with Crippen LogP contribution in [-0.2, 0) is 14.8 Å². The third-order valence-corrected chi connectivity index (χ3v) is 6.56. The number of rotatable bonds is 6. The van der Waals surface area contributed by atoms with E-state index >= 15 is 0 Å². The number of hydrogen-bond donors (Lipinski definition) is 1. The van der Waals surface area contributed by atoms with Crippen LogP contribution in [0.5, 0.6) is 0 Å². The Bertz CT molecular complexity index is 844. The van der Waals surface area contributed by atoms with Crippen molar-refractivity contribution in [1.29, 1.82) is 0 Å². The maximum atomic E-state index is 12.3. The molecule has 6 nitrogen and oxygen atoms in total. The molecule has 26 heavy (non-hydrogen) atoms. The minimum atomic E-state index is -3.60. The molecule has 0 unspecified atom stereocenters. The topological polar surface area (TPSA) is 71.4 Å². The zero-order valence-corrected chi connectivity index (χ0v) is 16.7. The number of likely N-dealkylation sites (tertiary alicyclic amines) is 1. The number of amides is 1. The molecule has 3 rings (SSSR count). The molecule has 0 aliphatic carbocycles. The molecule has 1 fully saturated rings. The number of piperidine rings is 1. The van der Waals surface area contributed by atoms with Gasteiger partial charge in [-0.1, -0.05) is 22.0 Å². The highest BCUT2D eigenvalue weighted by Crippen LogP contribution is 2.22. The number of carbonyl (C=O) groups excluding carboxylic acids is 1. The summed E-state index contributed by atoms with van der Waals surface area (Å²) in [6.07, 6.45) is 6.12. The normalized spacial score (nSPS) is 16.0. The molecule has 0 spiro atoms. The summed E-state index contributed by atoms with van der Waals surface area (Å²) >= 11 is 3.26. The summed E-state index contributed by atoms with van der Waals surface area (Å²) in [7, 11) is -3.60. The Morgan fingerprint density at radius 1 is 1.15 bits per heavy atom. The smallest absolute Gasteiger partial charge is 0.240 e. The third-order valence-electron chi connectivity index (χ3n) is 4.60. The fourth-order valence-electron chi connectivity index (χ4n) is 3.17. The van der Waals surface area contributed by atoms with E-state index in [9.17, 15) is 13.2 Å². The lowest BCUT2D eigenvalue weighted by Gasteiger charge is -2.32. The van der Waals surface area contributed by atoms with E-state index in [2.05, 4.69) is 37.6 Å². The van der Waals surface area contributed by atoms with Crippen LogP contribution >= 0.6 is 15.9 Å². The van der Waals surface area contributed by atoms with E-state index in [0.29, 0.717) is 23.6 Å². The van der Waals surface area contributed by atoms with Crippen LogP contribution < -0.4 is 4.72 Å². The second kappa shape index (κ2) is 8.37. The Morgan fingerprint density at radius 3 is 2.50 bits per heavy atom. The van der Waals surface area contributed by atoms with Crippen molar-refractivity contribution in [2.45, 2.75) is 30.2 Å². The van der Waals surface area contributed by atoms with Crippen LogP contribution in [0.25, 0.3) is 0 Å². The van der Waals surface area contributed by atoms with Gasteiger partial charge >= 0.3 is 0 Å². The molecular weight excluding hydrogens is 418 g/mol. The predicted octanol–water partition coefficient (Wildman–Crippen LogP) is 2.78. The van der Waals surface area contributed by atoms with Gasteiger partial charge in [-0.2, -0.15) is 0 Å². The molecule has 140 valence electrons. The molecule has 8 heteroatoms. The Balaban J connectivity index is 1.46. The van der Waals surface area contributed by atoms with E-state index < -0.39 is 10.0 Å². The highest BCUT2D eigenvalue weighted by Gasteiger charge is 2.23. The number of carbonyl (C=O) groups is 1.